The Morgan fingerprint density at radius 1 is 0.969 bits per heavy atom. The monoisotopic (exact) mass is 440 g/mol. The third-order valence-electron chi connectivity index (χ3n) is 10.2. The fourth-order valence-corrected chi connectivity index (χ4v) is 8.43. The van der Waals surface area contributed by atoms with Crippen molar-refractivity contribution in [2.24, 2.45) is 34.5 Å². The Labute approximate surface area is 195 Å². The summed E-state index contributed by atoms with van der Waals surface area (Å²) in [5.74, 6) is 3.30. The number of hydrogen-bond donors (Lipinski definition) is 1. The van der Waals surface area contributed by atoms with E-state index in [9.17, 15) is 9.50 Å². The van der Waals surface area contributed by atoms with E-state index in [0.29, 0.717) is 10.8 Å². The molecule has 178 valence electrons. The van der Waals surface area contributed by atoms with E-state index >= 15 is 0 Å². The van der Waals surface area contributed by atoms with Crippen molar-refractivity contribution in [3.05, 3.63) is 47.3 Å². The lowest BCUT2D eigenvalue weighted by molar-refractivity contribution is -0.0508. The number of allylic oxidation sites excluding steroid dienone is 1. The summed E-state index contributed by atoms with van der Waals surface area (Å²) in [6, 6.07) is 7.10. The molecule has 1 aromatic rings. The summed E-state index contributed by atoms with van der Waals surface area (Å²) >= 11 is 0. The molecule has 0 bridgehead atoms. The van der Waals surface area contributed by atoms with Crippen molar-refractivity contribution in [3.63, 3.8) is 0 Å². The quantitative estimate of drug-likeness (QED) is 0.469. The number of halogens is 1. The minimum absolute atomic E-state index is 0.105. The molecule has 32 heavy (non-hydrogen) atoms. The largest absolute Gasteiger partial charge is 0.393 e. The van der Waals surface area contributed by atoms with Gasteiger partial charge in [-0.05, 0) is 123 Å². The van der Waals surface area contributed by atoms with E-state index in [-0.39, 0.29) is 11.9 Å². The minimum Gasteiger partial charge on any atom is -0.393 e. The van der Waals surface area contributed by atoms with Crippen LogP contribution < -0.4 is 0 Å². The number of hydrogen-bond acceptors (Lipinski definition) is 1. The molecule has 1 nitrogen and oxygen atoms in total. The zero-order valence-corrected chi connectivity index (χ0v) is 20.9. The van der Waals surface area contributed by atoms with Crippen LogP contribution in [0.4, 0.5) is 4.39 Å². The van der Waals surface area contributed by atoms with E-state index in [1.165, 1.54) is 56.9 Å². The first-order chi connectivity index (χ1) is 15.4. The van der Waals surface area contributed by atoms with E-state index < -0.39 is 0 Å². The minimum atomic E-state index is -0.132. The molecular formula is C30H45FO. The topological polar surface area (TPSA) is 20.2 Å². The predicted molar refractivity (Wildman–Crippen MR) is 132 cm³/mol. The molecule has 1 N–H and O–H groups in total. The highest BCUT2D eigenvalue weighted by Gasteiger charge is 2.58. The van der Waals surface area contributed by atoms with Crippen LogP contribution in [0.5, 0.6) is 0 Å². The molecule has 7 atom stereocenters. The number of aliphatic hydroxyl groups excluding tert-OH is 1. The smallest absolute Gasteiger partial charge is 0.123 e. The van der Waals surface area contributed by atoms with E-state index in [4.69, 9.17) is 0 Å². The van der Waals surface area contributed by atoms with Crippen molar-refractivity contribution >= 4 is 0 Å². The molecule has 5 rings (SSSR count). The van der Waals surface area contributed by atoms with Gasteiger partial charge in [0.25, 0.3) is 0 Å². The number of fused-ring (bicyclic) bond motifs is 5. The van der Waals surface area contributed by atoms with Crippen LogP contribution >= 0.6 is 0 Å². The molecule has 0 saturated heterocycles. The molecular weight excluding hydrogens is 395 g/mol. The third-order valence-corrected chi connectivity index (χ3v) is 10.2. The maximum absolute atomic E-state index is 13.2. The zero-order valence-electron chi connectivity index (χ0n) is 20.9. The van der Waals surface area contributed by atoms with Gasteiger partial charge in [0.2, 0.25) is 0 Å². The summed E-state index contributed by atoms with van der Waals surface area (Å²) in [6.07, 6.45) is 16.0. The molecule has 1 aromatic carbocycles. The van der Waals surface area contributed by atoms with Gasteiger partial charge in [0, 0.05) is 0 Å². The van der Waals surface area contributed by atoms with Crippen LogP contribution in [0.2, 0.25) is 0 Å². The lowest BCUT2D eigenvalue weighted by atomic mass is 9.47. The lowest BCUT2D eigenvalue weighted by Gasteiger charge is -2.58. The van der Waals surface area contributed by atoms with Crippen molar-refractivity contribution < 1.29 is 9.50 Å². The average molecular weight is 441 g/mol. The highest BCUT2D eigenvalue weighted by molar-refractivity contribution is 5.25. The van der Waals surface area contributed by atoms with Gasteiger partial charge < -0.3 is 5.11 Å². The number of benzene rings is 1. The number of aliphatic hydroxyl groups is 1. The SMILES string of the molecule is CC.CC12CCC(O)CC1=CCC1C2CCC2(C)C(CCCc3ccc(F)cc3)CCC12. The summed E-state index contributed by atoms with van der Waals surface area (Å²) < 4.78 is 13.2. The average Bonchev–Trinajstić information content (AvgIpc) is 3.13. The highest BCUT2D eigenvalue weighted by Crippen LogP contribution is 2.66. The van der Waals surface area contributed by atoms with Crippen LogP contribution in [0.3, 0.4) is 0 Å². The van der Waals surface area contributed by atoms with Crippen LogP contribution in [-0.4, -0.2) is 11.2 Å². The van der Waals surface area contributed by atoms with E-state index in [2.05, 4.69) is 19.9 Å². The van der Waals surface area contributed by atoms with Crippen molar-refractivity contribution in [1.29, 1.82) is 0 Å². The molecule has 7 unspecified atom stereocenters. The van der Waals surface area contributed by atoms with Gasteiger partial charge in [-0.15, -0.1) is 0 Å². The van der Waals surface area contributed by atoms with Gasteiger partial charge in [-0.3, -0.25) is 0 Å². The second-order valence-electron chi connectivity index (χ2n) is 11.5. The molecule has 4 aliphatic carbocycles. The Kier molecular flexibility index (Phi) is 7.20. The van der Waals surface area contributed by atoms with Crippen molar-refractivity contribution in [3.8, 4) is 0 Å². The molecule has 0 spiro atoms. The molecule has 0 aliphatic heterocycles. The molecule has 2 heteroatoms. The Hall–Kier alpha value is -1.15. The van der Waals surface area contributed by atoms with Crippen LogP contribution in [0, 0.1) is 40.3 Å². The predicted octanol–water partition coefficient (Wildman–Crippen LogP) is 8.11. The molecule has 0 amide bonds. The van der Waals surface area contributed by atoms with E-state index in [0.717, 1.165) is 42.9 Å². The summed E-state index contributed by atoms with van der Waals surface area (Å²) in [6.45, 7) is 9.15. The van der Waals surface area contributed by atoms with Gasteiger partial charge >= 0.3 is 0 Å². The fraction of sp³-hybridized carbons (Fsp3) is 0.733. The second-order valence-corrected chi connectivity index (χ2v) is 11.5. The van der Waals surface area contributed by atoms with E-state index in [1.807, 2.05) is 26.0 Å². The summed E-state index contributed by atoms with van der Waals surface area (Å²) in [4.78, 5) is 0. The van der Waals surface area contributed by atoms with Gasteiger partial charge in [-0.25, -0.2) is 4.39 Å². The van der Waals surface area contributed by atoms with Crippen LogP contribution in [0.25, 0.3) is 0 Å². The Morgan fingerprint density at radius 3 is 2.47 bits per heavy atom. The molecule has 3 saturated carbocycles. The summed E-state index contributed by atoms with van der Waals surface area (Å²) in [5, 5.41) is 10.2. The third kappa shape index (κ3) is 4.22. The summed E-state index contributed by atoms with van der Waals surface area (Å²) in [5.41, 5.74) is 3.72. The standard InChI is InChI=1S/C28H39FO.C2H6/c1-27-17-15-26-24(12-8-21-18-23(30)14-16-28(21,26)2)25(27)13-9-20(27)5-3-4-19-6-10-22(29)11-7-19;1-2/h6-8,10-11,20,23-26,30H,3-5,9,12-18H2,1-2H3;1-2H3. The Balaban J connectivity index is 0.00000119. The summed E-state index contributed by atoms with van der Waals surface area (Å²) in [7, 11) is 0. The van der Waals surface area contributed by atoms with Gasteiger partial charge in [-0.2, -0.15) is 0 Å². The molecule has 0 radical (unpaired) electrons. The van der Waals surface area contributed by atoms with Crippen LogP contribution in [0.1, 0.15) is 97.5 Å². The van der Waals surface area contributed by atoms with Gasteiger partial charge in [0.05, 0.1) is 6.10 Å². The molecule has 4 aliphatic rings. The Morgan fingerprint density at radius 2 is 1.72 bits per heavy atom. The fourth-order valence-electron chi connectivity index (χ4n) is 8.43. The van der Waals surface area contributed by atoms with Crippen molar-refractivity contribution in [1.82, 2.24) is 0 Å². The zero-order chi connectivity index (χ0) is 22.9. The lowest BCUT2D eigenvalue weighted by Crippen LogP contribution is -2.50. The van der Waals surface area contributed by atoms with Crippen LogP contribution in [0.15, 0.2) is 35.9 Å². The van der Waals surface area contributed by atoms with Gasteiger partial charge in [-0.1, -0.05) is 51.5 Å². The van der Waals surface area contributed by atoms with Gasteiger partial charge in [0.15, 0.2) is 0 Å². The van der Waals surface area contributed by atoms with Crippen LogP contribution in [-0.2, 0) is 6.42 Å². The van der Waals surface area contributed by atoms with Crippen molar-refractivity contribution in [2.45, 2.75) is 104 Å². The molecule has 3 fully saturated rings. The first-order valence-electron chi connectivity index (χ1n) is 13.5. The first kappa shape index (κ1) is 24.0. The van der Waals surface area contributed by atoms with Gasteiger partial charge in [0.1, 0.15) is 5.82 Å². The first-order valence-corrected chi connectivity index (χ1v) is 13.5. The maximum Gasteiger partial charge on any atom is 0.123 e. The number of rotatable bonds is 4. The second kappa shape index (κ2) is 9.61. The number of aryl methyl sites for hydroxylation is 1. The highest BCUT2D eigenvalue weighted by atomic mass is 19.1. The Bertz CT molecular complexity index is 798. The van der Waals surface area contributed by atoms with Crippen molar-refractivity contribution in [2.75, 3.05) is 0 Å². The van der Waals surface area contributed by atoms with E-state index in [1.54, 1.807) is 17.7 Å². The molecule has 0 heterocycles. The normalized spacial score (nSPS) is 40.3. The molecule has 0 aromatic heterocycles. The maximum atomic E-state index is 13.2.